The number of aryl methyl sites for hydroxylation is 1. The first kappa shape index (κ1) is 11.8. The Balaban J connectivity index is 2.12. The smallest absolute Gasteiger partial charge is 0.267 e. The average Bonchev–Trinajstić information content (AvgIpc) is 2.76. The van der Waals surface area contributed by atoms with Crippen molar-refractivity contribution in [2.24, 2.45) is 0 Å². The van der Waals surface area contributed by atoms with E-state index in [0.29, 0.717) is 10.6 Å². The highest BCUT2D eigenvalue weighted by atomic mass is 32.1. The molecule has 0 atom stereocenters. The molecule has 0 aliphatic rings. The van der Waals surface area contributed by atoms with Gasteiger partial charge in [0.15, 0.2) is 0 Å². The molecular weight excluding hydrogens is 236 g/mol. The Morgan fingerprint density at radius 3 is 3.00 bits per heavy atom. The lowest BCUT2D eigenvalue weighted by Crippen LogP contribution is -2.10. The van der Waals surface area contributed by atoms with Crippen molar-refractivity contribution in [1.82, 2.24) is 4.98 Å². The lowest BCUT2D eigenvalue weighted by molar-refractivity contribution is 0.103. The SMILES string of the molecule is Cc1ncc(C(=O)Nc2cccc(CO)c2)s1. The molecular formula is C12H12N2O2S. The second kappa shape index (κ2) is 5.07. The highest BCUT2D eigenvalue weighted by molar-refractivity contribution is 7.13. The van der Waals surface area contributed by atoms with Crippen LogP contribution in [0.5, 0.6) is 0 Å². The van der Waals surface area contributed by atoms with E-state index >= 15 is 0 Å². The van der Waals surface area contributed by atoms with Gasteiger partial charge >= 0.3 is 0 Å². The molecule has 2 N–H and O–H groups in total. The van der Waals surface area contributed by atoms with Crippen molar-refractivity contribution in [3.8, 4) is 0 Å². The highest BCUT2D eigenvalue weighted by Gasteiger charge is 2.09. The van der Waals surface area contributed by atoms with Crippen LogP contribution in [0.1, 0.15) is 20.2 Å². The van der Waals surface area contributed by atoms with Crippen molar-refractivity contribution in [3.05, 3.63) is 45.9 Å². The van der Waals surface area contributed by atoms with E-state index in [1.807, 2.05) is 6.92 Å². The minimum atomic E-state index is -0.175. The predicted octanol–water partition coefficient (Wildman–Crippen LogP) is 2.20. The number of aliphatic hydroxyl groups excluding tert-OH is 1. The second-order valence-corrected chi connectivity index (χ2v) is 4.79. The summed E-state index contributed by atoms with van der Waals surface area (Å²) in [5.74, 6) is -0.175. The minimum absolute atomic E-state index is 0.0383. The van der Waals surface area contributed by atoms with Crippen molar-refractivity contribution >= 4 is 22.9 Å². The number of anilines is 1. The largest absolute Gasteiger partial charge is 0.392 e. The van der Waals surface area contributed by atoms with Crippen LogP contribution in [-0.2, 0) is 6.61 Å². The molecule has 0 aliphatic carbocycles. The van der Waals surface area contributed by atoms with Gasteiger partial charge in [-0.15, -0.1) is 11.3 Å². The van der Waals surface area contributed by atoms with Crippen molar-refractivity contribution in [2.75, 3.05) is 5.32 Å². The summed E-state index contributed by atoms with van der Waals surface area (Å²) in [6.45, 7) is 1.82. The van der Waals surface area contributed by atoms with Gasteiger partial charge in [0.1, 0.15) is 4.88 Å². The lowest BCUT2D eigenvalue weighted by atomic mass is 10.2. The molecule has 0 saturated heterocycles. The normalized spacial score (nSPS) is 10.2. The third kappa shape index (κ3) is 2.89. The van der Waals surface area contributed by atoms with Gasteiger partial charge in [-0.25, -0.2) is 4.98 Å². The molecule has 0 radical (unpaired) electrons. The Kier molecular flexibility index (Phi) is 3.51. The maximum atomic E-state index is 11.8. The molecule has 17 heavy (non-hydrogen) atoms. The number of hydrogen-bond donors (Lipinski definition) is 2. The van der Waals surface area contributed by atoms with Crippen LogP contribution in [0.15, 0.2) is 30.5 Å². The van der Waals surface area contributed by atoms with E-state index in [2.05, 4.69) is 10.3 Å². The number of amides is 1. The Bertz CT molecular complexity index is 537. The molecule has 0 bridgehead atoms. The van der Waals surface area contributed by atoms with Crippen LogP contribution in [0.4, 0.5) is 5.69 Å². The summed E-state index contributed by atoms with van der Waals surface area (Å²) >= 11 is 1.35. The Morgan fingerprint density at radius 1 is 1.53 bits per heavy atom. The van der Waals surface area contributed by atoms with E-state index in [1.54, 1.807) is 30.5 Å². The number of hydrogen-bond acceptors (Lipinski definition) is 4. The van der Waals surface area contributed by atoms with E-state index in [0.717, 1.165) is 10.6 Å². The number of benzene rings is 1. The van der Waals surface area contributed by atoms with Gasteiger partial charge in [0, 0.05) is 5.69 Å². The van der Waals surface area contributed by atoms with Crippen LogP contribution < -0.4 is 5.32 Å². The summed E-state index contributed by atoms with van der Waals surface area (Å²) in [4.78, 5) is 16.4. The third-order valence-corrected chi connectivity index (χ3v) is 3.12. The first-order chi connectivity index (χ1) is 8.19. The number of nitrogens with one attached hydrogen (secondary N) is 1. The topological polar surface area (TPSA) is 62.2 Å². The maximum Gasteiger partial charge on any atom is 0.267 e. The molecule has 0 fully saturated rings. The Morgan fingerprint density at radius 2 is 2.35 bits per heavy atom. The fourth-order valence-electron chi connectivity index (χ4n) is 1.41. The molecule has 4 nitrogen and oxygen atoms in total. The maximum absolute atomic E-state index is 11.8. The van der Waals surface area contributed by atoms with E-state index in [-0.39, 0.29) is 12.5 Å². The summed E-state index contributed by atoms with van der Waals surface area (Å²) in [5, 5.41) is 12.6. The molecule has 0 spiro atoms. The van der Waals surface area contributed by atoms with Crippen LogP contribution in [0, 0.1) is 6.92 Å². The summed E-state index contributed by atoms with van der Waals surface area (Å²) < 4.78 is 0. The van der Waals surface area contributed by atoms with Crippen molar-refractivity contribution in [3.63, 3.8) is 0 Å². The van der Waals surface area contributed by atoms with Gasteiger partial charge in [-0.05, 0) is 24.6 Å². The fourth-order valence-corrected chi connectivity index (χ4v) is 2.08. The number of carbonyl (C=O) groups excluding carboxylic acids is 1. The van der Waals surface area contributed by atoms with Crippen LogP contribution >= 0.6 is 11.3 Å². The van der Waals surface area contributed by atoms with Gasteiger partial charge in [-0.3, -0.25) is 4.79 Å². The molecule has 1 aromatic carbocycles. The molecule has 2 rings (SSSR count). The number of rotatable bonds is 3. The molecule has 5 heteroatoms. The lowest BCUT2D eigenvalue weighted by Gasteiger charge is -2.04. The summed E-state index contributed by atoms with van der Waals surface area (Å²) in [6.07, 6.45) is 1.56. The minimum Gasteiger partial charge on any atom is -0.392 e. The van der Waals surface area contributed by atoms with Gasteiger partial charge in [0.25, 0.3) is 5.91 Å². The molecule has 1 aromatic heterocycles. The zero-order valence-corrected chi connectivity index (χ0v) is 10.1. The second-order valence-electron chi connectivity index (χ2n) is 3.56. The van der Waals surface area contributed by atoms with E-state index < -0.39 is 0 Å². The third-order valence-electron chi connectivity index (χ3n) is 2.21. The Hall–Kier alpha value is -1.72. The highest BCUT2D eigenvalue weighted by Crippen LogP contribution is 2.15. The first-order valence-electron chi connectivity index (χ1n) is 5.12. The Labute approximate surface area is 103 Å². The number of thiazole rings is 1. The average molecular weight is 248 g/mol. The standard InChI is InChI=1S/C12H12N2O2S/c1-8-13-6-11(17-8)12(16)14-10-4-2-3-9(5-10)7-15/h2-6,15H,7H2,1H3,(H,14,16). The molecule has 0 aliphatic heterocycles. The van der Waals surface area contributed by atoms with Crippen molar-refractivity contribution in [1.29, 1.82) is 0 Å². The van der Waals surface area contributed by atoms with Crippen LogP contribution in [-0.4, -0.2) is 16.0 Å². The number of nitrogens with zero attached hydrogens (tertiary/aromatic N) is 1. The van der Waals surface area contributed by atoms with E-state index in [1.165, 1.54) is 11.3 Å². The van der Waals surface area contributed by atoms with Gasteiger partial charge in [0.05, 0.1) is 17.8 Å². The van der Waals surface area contributed by atoms with Gasteiger partial charge < -0.3 is 10.4 Å². The molecule has 0 saturated carbocycles. The first-order valence-corrected chi connectivity index (χ1v) is 5.94. The quantitative estimate of drug-likeness (QED) is 0.875. The summed E-state index contributed by atoms with van der Waals surface area (Å²) in [7, 11) is 0. The summed E-state index contributed by atoms with van der Waals surface area (Å²) in [5.41, 5.74) is 1.44. The van der Waals surface area contributed by atoms with Crippen LogP contribution in [0.2, 0.25) is 0 Å². The molecule has 0 unspecified atom stereocenters. The van der Waals surface area contributed by atoms with Crippen LogP contribution in [0.3, 0.4) is 0 Å². The fraction of sp³-hybridized carbons (Fsp3) is 0.167. The zero-order chi connectivity index (χ0) is 12.3. The number of carbonyl (C=O) groups is 1. The number of aromatic nitrogens is 1. The molecule has 1 heterocycles. The zero-order valence-electron chi connectivity index (χ0n) is 9.30. The molecule has 88 valence electrons. The predicted molar refractivity (Wildman–Crippen MR) is 67.2 cm³/mol. The van der Waals surface area contributed by atoms with Gasteiger partial charge in [-0.2, -0.15) is 0 Å². The molecule has 2 aromatic rings. The monoisotopic (exact) mass is 248 g/mol. The van der Waals surface area contributed by atoms with E-state index in [9.17, 15) is 4.79 Å². The summed E-state index contributed by atoms with van der Waals surface area (Å²) in [6, 6.07) is 7.11. The van der Waals surface area contributed by atoms with Crippen LogP contribution in [0.25, 0.3) is 0 Å². The van der Waals surface area contributed by atoms with E-state index in [4.69, 9.17) is 5.11 Å². The van der Waals surface area contributed by atoms with Gasteiger partial charge in [-0.1, -0.05) is 12.1 Å². The molecule has 1 amide bonds. The number of aliphatic hydroxyl groups is 1. The van der Waals surface area contributed by atoms with Gasteiger partial charge in [0.2, 0.25) is 0 Å². The van der Waals surface area contributed by atoms with Crippen molar-refractivity contribution in [2.45, 2.75) is 13.5 Å². The van der Waals surface area contributed by atoms with Crippen molar-refractivity contribution < 1.29 is 9.90 Å².